The van der Waals surface area contributed by atoms with Crippen LogP contribution in [0.1, 0.15) is 11.1 Å². The van der Waals surface area contributed by atoms with Crippen molar-refractivity contribution in [3.05, 3.63) is 53.3 Å². The molecule has 4 nitrogen and oxygen atoms in total. The molecule has 0 aliphatic heterocycles. The van der Waals surface area contributed by atoms with Gasteiger partial charge in [-0.15, -0.1) is 0 Å². The van der Waals surface area contributed by atoms with Crippen molar-refractivity contribution in [3.8, 4) is 5.75 Å². The van der Waals surface area contributed by atoms with Crippen LogP contribution in [0.5, 0.6) is 5.75 Å². The maximum absolute atomic E-state index is 13.1. The third-order valence-electron chi connectivity index (χ3n) is 3.03. The van der Waals surface area contributed by atoms with Gasteiger partial charge in [0.15, 0.2) is 6.61 Å². The fraction of sp³-hybridized carbons (Fsp3) is 0.188. The Kier molecular flexibility index (Phi) is 4.42. The topological polar surface area (TPSA) is 64.3 Å². The first kappa shape index (κ1) is 14.8. The molecule has 0 spiro atoms. The van der Waals surface area contributed by atoms with Gasteiger partial charge in [0.2, 0.25) is 0 Å². The number of halogens is 1. The fourth-order valence-corrected chi connectivity index (χ4v) is 1.89. The van der Waals surface area contributed by atoms with Crippen molar-refractivity contribution in [2.24, 2.45) is 0 Å². The Morgan fingerprint density at radius 3 is 2.67 bits per heavy atom. The van der Waals surface area contributed by atoms with Crippen molar-refractivity contribution in [1.29, 1.82) is 0 Å². The van der Waals surface area contributed by atoms with E-state index in [0.29, 0.717) is 17.1 Å². The molecule has 0 unspecified atom stereocenters. The summed E-state index contributed by atoms with van der Waals surface area (Å²) in [5.41, 5.74) is 8.60. The lowest BCUT2D eigenvalue weighted by molar-refractivity contribution is -0.118. The summed E-state index contributed by atoms with van der Waals surface area (Å²) in [5.74, 6) is -0.351. The average molecular weight is 288 g/mol. The second-order valence-electron chi connectivity index (χ2n) is 4.82. The van der Waals surface area contributed by atoms with Gasteiger partial charge in [0.05, 0.1) is 0 Å². The van der Waals surface area contributed by atoms with Crippen molar-refractivity contribution in [2.45, 2.75) is 13.8 Å². The highest BCUT2D eigenvalue weighted by Crippen LogP contribution is 2.20. The molecule has 0 saturated carbocycles. The minimum Gasteiger partial charge on any atom is -0.483 e. The second kappa shape index (κ2) is 6.26. The first-order valence-electron chi connectivity index (χ1n) is 6.50. The molecule has 0 radical (unpaired) electrons. The highest BCUT2D eigenvalue weighted by Gasteiger charge is 2.08. The van der Waals surface area contributed by atoms with Gasteiger partial charge < -0.3 is 15.8 Å². The first-order chi connectivity index (χ1) is 9.95. The largest absolute Gasteiger partial charge is 0.483 e. The molecule has 3 N–H and O–H groups in total. The quantitative estimate of drug-likeness (QED) is 0.850. The monoisotopic (exact) mass is 288 g/mol. The standard InChI is InChI=1S/C16H17FN2O2/c1-10-3-4-12(17)8-15(10)21-9-16(20)19-14-6-5-13(18)7-11(14)2/h3-8H,9,18H2,1-2H3,(H,19,20). The third-order valence-corrected chi connectivity index (χ3v) is 3.03. The van der Waals surface area contributed by atoms with Crippen molar-refractivity contribution in [1.82, 2.24) is 0 Å². The van der Waals surface area contributed by atoms with E-state index < -0.39 is 5.82 Å². The number of rotatable bonds is 4. The molecule has 2 aromatic rings. The van der Waals surface area contributed by atoms with Gasteiger partial charge >= 0.3 is 0 Å². The molecular weight excluding hydrogens is 271 g/mol. The van der Waals surface area contributed by atoms with E-state index >= 15 is 0 Å². The van der Waals surface area contributed by atoms with Crippen LogP contribution in [0.2, 0.25) is 0 Å². The van der Waals surface area contributed by atoms with Crippen molar-refractivity contribution >= 4 is 17.3 Å². The van der Waals surface area contributed by atoms with Crippen molar-refractivity contribution in [3.63, 3.8) is 0 Å². The molecule has 0 heterocycles. The number of carbonyl (C=O) groups is 1. The van der Waals surface area contributed by atoms with E-state index in [9.17, 15) is 9.18 Å². The van der Waals surface area contributed by atoms with E-state index in [1.54, 1.807) is 31.2 Å². The zero-order chi connectivity index (χ0) is 15.4. The number of nitrogens with one attached hydrogen (secondary N) is 1. The van der Waals surface area contributed by atoms with Crippen molar-refractivity contribution < 1.29 is 13.9 Å². The summed E-state index contributed by atoms with van der Waals surface area (Å²) in [7, 11) is 0. The van der Waals surface area contributed by atoms with Crippen LogP contribution in [0.4, 0.5) is 15.8 Å². The van der Waals surface area contributed by atoms with Gasteiger partial charge in [-0.2, -0.15) is 0 Å². The number of nitrogens with two attached hydrogens (primary N) is 1. The number of nitrogen functional groups attached to an aromatic ring is 1. The van der Waals surface area contributed by atoms with Gasteiger partial charge in [-0.3, -0.25) is 4.79 Å². The Balaban J connectivity index is 1.97. The SMILES string of the molecule is Cc1cc(N)ccc1NC(=O)COc1cc(F)ccc1C. The number of carbonyl (C=O) groups excluding carboxylic acids is 1. The van der Waals surface area contributed by atoms with Gasteiger partial charge in [0, 0.05) is 17.4 Å². The van der Waals surface area contributed by atoms with Crippen LogP contribution in [0, 0.1) is 19.7 Å². The zero-order valence-corrected chi connectivity index (χ0v) is 11.9. The van der Waals surface area contributed by atoms with Gasteiger partial charge in [0.25, 0.3) is 5.91 Å². The molecule has 0 atom stereocenters. The second-order valence-corrected chi connectivity index (χ2v) is 4.82. The Morgan fingerprint density at radius 1 is 1.19 bits per heavy atom. The summed E-state index contributed by atoms with van der Waals surface area (Å²) in [6.45, 7) is 3.45. The normalized spacial score (nSPS) is 10.2. The predicted molar refractivity (Wildman–Crippen MR) is 80.9 cm³/mol. The van der Waals surface area contributed by atoms with Gasteiger partial charge in [-0.1, -0.05) is 6.07 Å². The van der Waals surface area contributed by atoms with E-state index in [-0.39, 0.29) is 12.5 Å². The summed E-state index contributed by atoms with van der Waals surface area (Å²) in [4.78, 5) is 11.9. The van der Waals surface area contributed by atoms with Crippen LogP contribution in [0.25, 0.3) is 0 Å². The molecule has 5 heteroatoms. The molecule has 0 fully saturated rings. The maximum Gasteiger partial charge on any atom is 0.262 e. The molecule has 2 aromatic carbocycles. The fourth-order valence-electron chi connectivity index (χ4n) is 1.89. The summed E-state index contributed by atoms with van der Waals surface area (Å²) in [6.07, 6.45) is 0. The first-order valence-corrected chi connectivity index (χ1v) is 6.50. The summed E-state index contributed by atoms with van der Waals surface area (Å²) >= 11 is 0. The van der Waals surface area contributed by atoms with Gasteiger partial charge in [-0.25, -0.2) is 4.39 Å². The van der Waals surface area contributed by atoms with E-state index in [1.807, 2.05) is 6.92 Å². The number of ether oxygens (including phenoxy) is 1. The number of hydrogen-bond donors (Lipinski definition) is 2. The third kappa shape index (κ3) is 3.95. The molecule has 0 aliphatic carbocycles. The molecule has 0 saturated heterocycles. The summed E-state index contributed by atoms with van der Waals surface area (Å²) in [5, 5.41) is 2.73. The van der Waals surface area contributed by atoms with Crippen LogP contribution in [-0.4, -0.2) is 12.5 Å². The smallest absolute Gasteiger partial charge is 0.262 e. The molecule has 1 amide bonds. The average Bonchev–Trinajstić information content (AvgIpc) is 2.43. The minimum atomic E-state index is -0.398. The summed E-state index contributed by atoms with van der Waals surface area (Å²) < 4.78 is 18.5. The van der Waals surface area contributed by atoms with Gasteiger partial charge in [0.1, 0.15) is 11.6 Å². The molecular formula is C16H17FN2O2. The van der Waals surface area contributed by atoms with E-state index in [2.05, 4.69) is 5.32 Å². The molecule has 0 aliphatic rings. The lowest BCUT2D eigenvalue weighted by Crippen LogP contribution is -2.21. The number of amides is 1. The highest BCUT2D eigenvalue weighted by atomic mass is 19.1. The Morgan fingerprint density at radius 2 is 1.95 bits per heavy atom. The number of benzene rings is 2. The predicted octanol–water partition coefficient (Wildman–Crippen LogP) is 3.04. The van der Waals surface area contributed by atoms with Gasteiger partial charge in [-0.05, 0) is 49.2 Å². The van der Waals surface area contributed by atoms with E-state index in [1.165, 1.54) is 12.1 Å². The highest BCUT2D eigenvalue weighted by molar-refractivity contribution is 5.92. The Labute approximate surface area is 122 Å². The van der Waals surface area contributed by atoms with E-state index in [4.69, 9.17) is 10.5 Å². The molecule has 2 rings (SSSR count). The Bertz CT molecular complexity index is 671. The Hall–Kier alpha value is -2.56. The van der Waals surface area contributed by atoms with E-state index in [0.717, 1.165) is 11.1 Å². The molecule has 0 bridgehead atoms. The maximum atomic E-state index is 13.1. The molecule has 0 aromatic heterocycles. The lowest BCUT2D eigenvalue weighted by atomic mass is 10.2. The molecule has 21 heavy (non-hydrogen) atoms. The van der Waals surface area contributed by atoms with Crippen LogP contribution >= 0.6 is 0 Å². The summed E-state index contributed by atoms with van der Waals surface area (Å²) in [6, 6.07) is 9.42. The number of anilines is 2. The number of aryl methyl sites for hydroxylation is 2. The molecule has 110 valence electrons. The number of hydrogen-bond acceptors (Lipinski definition) is 3. The van der Waals surface area contributed by atoms with Crippen LogP contribution in [0.15, 0.2) is 36.4 Å². The van der Waals surface area contributed by atoms with Crippen LogP contribution < -0.4 is 15.8 Å². The van der Waals surface area contributed by atoms with Crippen LogP contribution in [0.3, 0.4) is 0 Å². The lowest BCUT2D eigenvalue weighted by Gasteiger charge is -2.11. The van der Waals surface area contributed by atoms with Crippen LogP contribution in [-0.2, 0) is 4.79 Å². The zero-order valence-electron chi connectivity index (χ0n) is 11.9. The van der Waals surface area contributed by atoms with Crippen molar-refractivity contribution in [2.75, 3.05) is 17.7 Å². The minimum absolute atomic E-state index is 0.186.